The van der Waals surface area contributed by atoms with Crippen LogP contribution in [0, 0.1) is 5.92 Å². The Labute approximate surface area is 164 Å². The number of para-hydroxylation sites is 2. The van der Waals surface area contributed by atoms with Gasteiger partial charge in [0.2, 0.25) is 0 Å². The predicted octanol–water partition coefficient (Wildman–Crippen LogP) is 6.46. The van der Waals surface area contributed by atoms with Gasteiger partial charge < -0.3 is 9.47 Å². The van der Waals surface area contributed by atoms with Crippen LogP contribution in [0.5, 0.6) is 11.5 Å². The number of rotatable bonds is 14. The molecule has 0 aliphatic carbocycles. The van der Waals surface area contributed by atoms with Gasteiger partial charge in [-0.2, -0.15) is 0 Å². The first-order valence-electron chi connectivity index (χ1n) is 10.6. The quantitative estimate of drug-likeness (QED) is 0.212. The normalized spacial score (nSPS) is 11.8. The van der Waals surface area contributed by atoms with Crippen molar-refractivity contribution in [2.45, 2.75) is 91.4 Å². The molecular weight excluding hydrogens is 340 g/mol. The molecule has 0 aromatic heterocycles. The first-order chi connectivity index (χ1) is 13.1. The summed E-state index contributed by atoms with van der Waals surface area (Å²) in [6.45, 7) is 6.35. The molecule has 0 amide bonds. The minimum absolute atomic E-state index is 0.0971. The summed E-state index contributed by atoms with van der Waals surface area (Å²) in [5.74, 6) is 0.0641. The first kappa shape index (κ1) is 23.2. The first-order valence-corrected chi connectivity index (χ1v) is 10.6. The van der Waals surface area contributed by atoms with Crippen LogP contribution >= 0.6 is 0 Å². The lowest BCUT2D eigenvalue weighted by molar-refractivity contribution is -0.140. The van der Waals surface area contributed by atoms with Gasteiger partial charge in [0.1, 0.15) is 0 Å². The highest BCUT2D eigenvalue weighted by Gasteiger charge is 2.21. The van der Waals surface area contributed by atoms with Gasteiger partial charge in [0.05, 0.1) is 5.92 Å². The Morgan fingerprint density at radius 3 is 2.04 bits per heavy atom. The molecule has 4 nitrogen and oxygen atoms in total. The van der Waals surface area contributed by atoms with Crippen molar-refractivity contribution in [1.29, 1.82) is 0 Å². The van der Waals surface area contributed by atoms with Crippen molar-refractivity contribution in [1.82, 2.24) is 0 Å². The minimum Gasteiger partial charge on any atom is -0.423 e. The molecule has 152 valence electrons. The third kappa shape index (κ3) is 9.60. The smallest absolute Gasteiger partial charge is 0.314 e. The number of unbranched alkanes of at least 4 members (excludes halogenated alkanes) is 5. The van der Waals surface area contributed by atoms with Crippen LogP contribution in [-0.2, 0) is 9.59 Å². The zero-order chi connectivity index (χ0) is 19.9. The Balaban J connectivity index is 2.66. The summed E-state index contributed by atoms with van der Waals surface area (Å²) in [5.41, 5.74) is 0. The molecule has 27 heavy (non-hydrogen) atoms. The summed E-state index contributed by atoms with van der Waals surface area (Å²) in [4.78, 5) is 24.7. The van der Waals surface area contributed by atoms with Crippen LogP contribution in [0.25, 0.3) is 0 Å². The van der Waals surface area contributed by atoms with Crippen molar-refractivity contribution in [3.05, 3.63) is 24.3 Å². The molecule has 1 aromatic rings. The summed E-state index contributed by atoms with van der Waals surface area (Å²) in [7, 11) is 0. The van der Waals surface area contributed by atoms with Crippen molar-refractivity contribution < 1.29 is 19.1 Å². The zero-order valence-electron chi connectivity index (χ0n) is 17.3. The lowest BCUT2D eigenvalue weighted by Crippen LogP contribution is -2.21. The number of ether oxygens (including phenoxy) is 2. The van der Waals surface area contributed by atoms with Gasteiger partial charge in [-0.15, -0.1) is 0 Å². The molecule has 1 rings (SSSR count). The van der Waals surface area contributed by atoms with Gasteiger partial charge in [-0.3, -0.25) is 9.59 Å². The maximum Gasteiger partial charge on any atom is 0.314 e. The van der Waals surface area contributed by atoms with Crippen molar-refractivity contribution >= 4 is 11.9 Å². The van der Waals surface area contributed by atoms with Crippen LogP contribution in [0.2, 0.25) is 0 Å². The number of hydrogen-bond donors (Lipinski definition) is 0. The van der Waals surface area contributed by atoms with Crippen molar-refractivity contribution in [2.24, 2.45) is 5.92 Å². The van der Waals surface area contributed by atoms with E-state index < -0.39 is 0 Å². The van der Waals surface area contributed by atoms with E-state index in [2.05, 4.69) is 20.8 Å². The molecule has 4 heteroatoms. The number of benzene rings is 1. The number of hydrogen-bond acceptors (Lipinski definition) is 4. The number of esters is 2. The summed E-state index contributed by atoms with van der Waals surface area (Å²) in [6, 6.07) is 6.93. The lowest BCUT2D eigenvalue weighted by atomic mass is 9.96. The van der Waals surface area contributed by atoms with Gasteiger partial charge in [-0.25, -0.2) is 0 Å². The van der Waals surface area contributed by atoms with Crippen LogP contribution in [0.1, 0.15) is 91.4 Å². The Kier molecular flexibility index (Phi) is 12.2. The summed E-state index contributed by atoms with van der Waals surface area (Å²) >= 11 is 0. The van der Waals surface area contributed by atoms with E-state index in [1.54, 1.807) is 24.3 Å². The lowest BCUT2D eigenvalue weighted by Gasteiger charge is -2.16. The SMILES string of the molecule is CCCCCCC(CCC)C(=O)Oc1ccccc1OC(=O)CCCCC. The second kappa shape index (κ2) is 14.2. The molecule has 1 atom stereocenters. The number of carbonyl (C=O) groups excluding carboxylic acids is 2. The van der Waals surface area contributed by atoms with E-state index in [0.29, 0.717) is 17.9 Å². The highest BCUT2D eigenvalue weighted by atomic mass is 16.6. The van der Waals surface area contributed by atoms with Gasteiger partial charge in [-0.05, 0) is 31.4 Å². The highest BCUT2D eigenvalue weighted by molar-refractivity contribution is 5.77. The maximum absolute atomic E-state index is 12.7. The van der Waals surface area contributed by atoms with Crippen LogP contribution in [0.3, 0.4) is 0 Å². The molecule has 1 unspecified atom stereocenters. The van der Waals surface area contributed by atoms with E-state index in [-0.39, 0.29) is 17.9 Å². The standard InChI is InChI=1S/C23H36O4/c1-4-7-9-11-15-19(14-6-3)23(25)27-21-17-13-12-16-20(21)26-22(24)18-10-8-5-2/h12-13,16-17,19H,4-11,14-15,18H2,1-3H3. The molecule has 0 bridgehead atoms. The Morgan fingerprint density at radius 2 is 1.41 bits per heavy atom. The zero-order valence-corrected chi connectivity index (χ0v) is 17.3. The molecule has 1 aromatic carbocycles. The second-order valence-electron chi connectivity index (χ2n) is 7.13. The average Bonchev–Trinajstić information content (AvgIpc) is 2.66. The molecule has 0 radical (unpaired) electrons. The van der Waals surface area contributed by atoms with Crippen molar-refractivity contribution in [3.63, 3.8) is 0 Å². The van der Waals surface area contributed by atoms with E-state index in [1.165, 1.54) is 12.8 Å². The van der Waals surface area contributed by atoms with Crippen molar-refractivity contribution in [3.8, 4) is 11.5 Å². The highest BCUT2D eigenvalue weighted by Crippen LogP contribution is 2.29. The fraction of sp³-hybridized carbons (Fsp3) is 0.652. The van der Waals surface area contributed by atoms with Crippen LogP contribution in [0.15, 0.2) is 24.3 Å². The molecule has 0 aliphatic rings. The summed E-state index contributed by atoms with van der Waals surface area (Å²) < 4.78 is 11.1. The second-order valence-corrected chi connectivity index (χ2v) is 7.13. The van der Waals surface area contributed by atoms with Crippen LogP contribution < -0.4 is 9.47 Å². The van der Waals surface area contributed by atoms with Gasteiger partial charge in [0, 0.05) is 6.42 Å². The summed E-state index contributed by atoms with van der Waals surface area (Å²) in [5, 5.41) is 0. The molecule has 0 saturated heterocycles. The molecule has 0 aliphatic heterocycles. The third-order valence-corrected chi connectivity index (χ3v) is 4.64. The van der Waals surface area contributed by atoms with E-state index in [0.717, 1.165) is 51.4 Å². The predicted molar refractivity (Wildman–Crippen MR) is 109 cm³/mol. The molecule has 0 fully saturated rings. The molecule has 0 spiro atoms. The van der Waals surface area contributed by atoms with E-state index in [9.17, 15) is 9.59 Å². The van der Waals surface area contributed by atoms with E-state index in [4.69, 9.17) is 9.47 Å². The van der Waals surface area contributed by atoms with E-state index in [1.807, 2.05) is 0 Å². The van der Waals surface area contributed by atoms with Gasteiger partial charge in [0.25, 0.3) is 0 Å². The van der Waals surface area contributed by atoms with Crippen molar-refractivity contribution in [2.75, 3.05) is 0 Å². The molecule has 0 heterocycles. The monoisotopic (exact) mass is 376 g/mol. The van der Waals surface area contributed by atoms with Crippen LogP contribution in [0.4, 0.5) is 0 Å². The molecule has 0 saturated carbocycles. The van der Waals surface area contributed by atoms with Gasteiger partial charge in [-0.1, -0.05) is 77.8 Å². The minimum atomic E-state index is -0.281. The maximum atomic E-state index is 12.7. The number of carbonyl (C=O) groups is 2. The largest absolute Gasteiger partial charge is 0.423 e. The third-order valence-electron chi connectivity index (χ3n) is 4.64. The summed E-state index contributed by atoms with van der Waals surface area (Å²) in [6.07, 6.45) is 10.4. The van der Waals surface area contributed by atoms with E-state index >= 15 is 0 Å². The Hall–Kier alpha value is -1.84. The fourth-order valence-electron chi connectivity index (χ4n) is 3.05. The van der Waals surface area contributed by atoms with Crippen LogP contribution in [-0.4, -0.2) is 11.9 Å². The Morgan fingerprint density at radius 1 is 0.778 bits per heavy atom. The molecule has 0 N–H and O–H groups in total. The fourth-order valence-corrected chi connectivity index (χ4v) is 3.05. The topological polar surface area (TPSA) is 52.6 Å². The molecular formula is C23H36O4. The van der Waals surface area contributed by atoms with Gasteiger partial charge >= 0.3 is 11.9 Å². The Bertz CT molecular complexity index is 553. The van der Waals surface area contributed by atoms with Gasteiger partial charge in [0.15, 0.2) is 11.5 Å². The average molecular weight is 377 g/mol.